The zero-order valence-corrected chi connectivity index (χ0v) is 16.1. The van der Waals surface area contributed by atoms with Gasteiger partial charge in [0.2, 0.25) is 5.91 Å². The third kappa shape index (κ3) is 6.12. The standard InChI is InChI=1S/C21H28N4O2/c1-17(2)11-25-14-20(27-16-18-6-5-8-22-10-18)13-24(15-21(25)26)12-19-7-3-4-9-23-19/h3-10,17,20H,11-16H2,1-2H3. The molecular weight excluding hydrogens is 340 g/mol. The second-order valence-electron chi connectivity index (χ2n) is 7.48. The summed E-state index contributed by atoms with van der Waals surface area (Å²) in [6.07, 6.45) is 5.32. The molecule has 0 saturated carbocycles. The molecule has 1 unspecified atom stereocenters. The largest absolute Gasteiger partial charge is 0.370 e. The van der Waals surface area contributed by atoms with Gasteiger partial charge < -0.3 is 9.64 Å². The SMILES string of the molecule is CC(C)CN1CC(OCc2cccnc2)CN(Cc2ccccn2)CC1=O. The molecule has 0 aliphatic carbocycles. The summed E-state index contributed by atoms with van der Waals surface area (Å²) in [5.41, 5.74) is 2.01. The van der Waals surface area contributed by atoms with E-state index in [0.29, 0.717) is 38.7 Å². The lowest BCUT2D eigenvalue weighted by Gasteiger charge is -2.26. The lowest BCUT2D eigenvalue weighted by Crippen LogP contribution is -2.40. The average molecular weight is 368 g/mol. The van der Waals surface area contributed by atoms with E-state index < -0.39 is 0 Å². The maximum absolute atomic E-state index is 12.8. The summed E-state index contributed by atoms with van der Waals surface area (Å²) in [7, 11) is 0. The number of hydrogen-bond donors (Lipinski definition) is 0. The fourth-order valence-electron chi connectivity index (χ4n) is 3.31. The first kappa shape index (κ1) is 19.5. The minimum Gasteiger partial charge on any atom is -0.370 e. The van der Waals surface area contributed by atoms with Crippen molar-refractivity contribution < 1.29 is 9.53 Å². The number of carbonyl (C=O) groups is 1. The van der Waals surface area contributed by atoms with Crippen molar-refractivity contribution in [1.82, 2.24) is 19.8 Å². The Kier molecular flexibility index (Phi) is 6.90. The van der Waals surface area contributed by atoms with Crippen molar-refractivity contribution >= 4 is 5.91 Å². The maximum Gasteiger partial charge on any atom is 0.236 e. The molecule has 0 aromatic carbocycles. The van der Waals surface area contributed by atoms with Crippen molar-refractivity contribution in [2.75, 3.05) is 26.2 Å². The van der Waals surface area contributed by atoms with Crippen LogP contribution in [0.25, 0.3) is 0 Å². The average Bonchev–Trinajstić information content (AvgIpc) is 2.80. The van der Waals surface area contributed by atoms with E-state index in [2.05, 4.69) is 28.7 Å². The topological polar surface area (TPSA) is 58.6 Å². The van der Waals surface area contributed by atoms with Gasteiger partial charge in [-0.1, -0.05) is 26.0 Å². The van der Waals surface area contributed by atoms with Gasteiger partial charge in [-0.25, -0.2) is 0 Å². The summed E-state index contributed by atoms with van der Waals surface area (Å²) in [5.74, 6) is 0.586. The molecule has 1 fully saturated rings. The number of carbonyl (C=O) groups excluding carboxylic acids is 1. The molecule has 1 saturated heterocycles. The molecule has 6 heteroatoms. The predicted octanol–water partition coefficient (Wildman–Crippen LogP) is 2.36. The molecule has 3 rings (SSSR count). The smallest absolute Gasteiger partial charge is 0.236 e. The number of pyridine rings is 2. The minimum atomic E-state index is -0.0425. The highest BCUT2D eigenvalue weighted by Crippen LogP contribution is 2.14. The van der Waals surface area contributed by atoms with Gasteiger partial charge in [0.1, 0.15) is 0 Å². The molecular formula is C21H28N4O2. The third-order valence-corrected chi connectivity index (χ3v) is 4.50. The van der Waals surface area contributed by atoms with E-state index in [1.54, 1.807) is 12.4 Å². The maximum atomic E-state index is 12.8. The summed E-state index contributed by atoms with van der Waals surface area (Å²) in [6.45, 7) is 7.89. The van der Waals surface area contributed by atoms with E-state index in [4.69, 9.17) is 4.74 Å². The first-order valence-electron chi connectivity index (χ1n) is 9.50. The van der Waals surface area contributed by atoms with Crippen LogP contribution in [0.2, 0.25) is 0 Å². The first-order valence-corrected chi connectivity index (χ1v) is 9.50. The molecule has 2 aromatic heterocycles. The van der Waals surface area contributed by atoms with Crippen molar-refractivity contribution in [1.29, 1.82) is 0 Å². The van der Waals surface area contributed by atoms with Gasteiger partial charge in [0, 0.05) is 44.8 Å². The Bertz CT molecular complexity index is 709. The van der Waals surface area contributed by atoms with Gasteiger partial charge in [-0.05, 0) is 29.7 Å². The predicted molar refractivity (Wildman–Crippen MR) is 104 cm³/mol. The highest BCUT2D eigenvalue weighted by atomic mass is 16.5. The number of rotatable bonds is 7. The lowest BCUT2D eigenvalue weighted by atomic mass is 10.2. The molecule has 0 N–H and O–H groups in total. The van der Waals surface area contributed by atoms with Crippen LogP contribution in [0.5, 0.6) is 0 Å². The molecule has 144 valence electrons. The molecule has 2 aromatic rings. The monoisotopic (exact) mass is 368 g/mol. The van der Waals surface area contributed by atoms with E-state index in [9.17, 15) is 4.79 Å². The van der Waals surface area contributed by atoms with Crippen LogP contribution in [0.1, 0.15) is 25.1 Å². The highest BCUT2D eigenvalue weighted by molar-refractivity contribution is 5.78. The van der Waals surface area contributed by atoms with Crippen LogP contribution in [0.4, 0.5) is 0 Å². The van der Waals surface area contributed by atoms with Gasteiger partial charge >= 0.3 is 0 Å². The van der Waals surface area contributed by atoms with Gasteiger partial charge in [0.25, 0.3) is 0 Å². The van der Waals surface area contributed by atoms with Crippen LogP contribution in [0.15, 0.2) is 48.9 Å². The van der Waals surface area contributed by atoms with Gasteiger partial charge in [-0.3, -0.25) is 19.7 Å². The fourth-order valence-corrected chi connectivity index (χ4v) is 3.31. The molecule has 1 amide bonds. The Labute approximate surface area is 161 Å². The fraction of sp³-hybridized carbons (Fsp3) is 0.476. The first-order chi connectivity index (χ1) is 13.1. The van der Waals surface area contributed by atoms with Crippen LogP contribution in [0.3, 0.4) is 0 Å². The van der Waals surface area contributed by atoms with Crippen LogP contribution in [-0.2, 0) is 22.7 Å². The van der Waals surface area contributed by atoms with Crippen molar-refractivity contribution in [2.45, 2.75) is 33.1 Å². The summed E-state index contributed by atoms with van der Waals surface area (Å²) in [6, 6.07) is 9.79. The highest BCUT2D eigenvalue weighted by Gasteiger charge is 2.28. The summed E-state index contributed by atoms with van der Waals surface area (Å²) >= 11 is 0. The molecule has 3 heterocycles. The van der Waals surface area contributed by atoms with Gasteiger partial charge in [0.15, 0.2) is 0 Å². The number of hydrogen-bond acceptors (Lipinski definition) is 5. The van der Waals surface area contributed by atoms with Crippen LogP contribution < -0.4 is 0 Å². The summed E-state index contributed by atoms with van der Waals surface area (Å²) < 4.78 is 6.18. The van der Waals surface area contributed by atoms with E-state index in [1.807, 2.05) is 41.4 Å². The molecule has 27 heavy (non-hydrogen) atoms. The molecule has 0 bridgehead atoms. The van der Waals surface area contributed by atoms with E-state index in [-0.39, 0.29) is 12.0 Å². The van der Waals surface area contributed by atoms with Gasteiger partial charge in [-0.15, -0.1) is 0 Å². The zero-order chi connectivity index (χ0) is 19.1. The molecule has 0 spiro atoms. The molecule has 1 atom stereocenters. The van der Waals surface area contributed by atoms with E-state index in [1.165, 1.54) is 0 Å². The molecule has 1 aliphatic rings. The zero-order valence-electron chi connectivity index (χ0n) is 16.1. The van der Waals surface area contributed by atoms with E-state index >= 15 is 0 Å². The Morgan fingerprint density at radius 1 is 1.19 bits per heavy atom. The lowest BCUT2D eigenvalue weighted by molar-refractivity contribution is -0.132. The quantitative estimate of drug-likeness (QED) is 0.751. The van der Waals surface area contributed by atoms with Crippen molar-refractivity contribution in [3.63, 3.8) is 0 Å². The van der Waals surface area contributed by atoms with Gasteiger partial charge in [-0.2, -0.15) is 0 Å². The second kappa shape index (κ2) is 9.58. The Morgan fingerprint density at radius 2 is 2.07 bits per heavy atom. The van der Waals surface area contributed by atoms with Crippen LogP contribution in [0, 0.1) is 5.92 Å². The van der Waals surface area contributed by atoms with Crippen molar-refractivity contribution in [3.8, 4) is 0 Å². The molecule has 0 radical (unpaired) electrons. The number of aromatic nitrogens is 2. The Balaban J connectivity index is 1.69. The van der Waals surface area contributed by atoms with Crippen molar-refractivity contribution in [3.05, 3.63) is 60.2 Å². The Morgan fingerprint density at radius 3 is 2.78 bits per heavy atom. The normalized spacial score (nSPS) is 18.7. The molecule has 1 aliphatic heterocycles. The van der Waals surface area contributed by atoms with Crippen LogP contribution >= 0.6 is 0 Å². The van der Waals surface area contributed by atoms with E-state index in [0.717, 1.165) is 17.8 Å². The summed E-state index contributed by atoms with van der Waals surface area (Å²) in [5, 5.41) is 0. The second-order valence-corrected chi connectivity index (χ2v) is 7.48. The summed E-state index contributed by atoms with van der Waals surface area (Å²) in [4.78, 5) is 25.4. The number of nitrogens with zero attached hydrogens (tertiary/aromatic N) is 4. The number of ether oxygens (including phenoxy) is 1. The minimum absolute atomic E-state index is 0.0425. The van der Waals surface area contributed by atoms with Gasteiger partial charge in [0.05, 0.1) is 24.9 Å². The molecule has 6 nitrogen and oxygen atoms in total. The Hall–Kier alpha value is -2.31. The number of amides is 1. The van der Waals surface area contributed by atoms with Crippen LogP contribution in [-0.4, -0.2) is 58.0 Å². The van der Waals surface area contributed by atoms with Crippen molar-refractivity contribution in [2.24, 2.45) is 5.92 Å². The third-order valence-electron chi connectivity index (χ3n) is 4.50.